The van der Waals surface area contributed by atoms with Gasteiger partial charge in [0, 0.05) is 11.1 Å². The lowest BCUT2D eigenvalue weighted by atomic mass is 9.88. The highest BCUT2D eigenvalue weighted by Gasteiger charge is 2.13. The van der Waals surface area contributed by atoms with E-state index in [2.05, 4.69) is 84.6 Å². The van der Waals surface area contributed by atoms with Gasteiger partial charge in [0.2, 0.25) is 0 Å². The van der Waals surface area contributed by atoms with E-state index in [0.717, 1.165) is 21.9 Å². The molecule has 0 N–H and O–H groups in total. The van der Waals surface area contributed by atoms with Crippen LogP contribution in [-0.2, 0) is 0 Å². The SMILES string of the molecule is Fc1ccc(C#Cc2c3ccccc3c(-c3ccccc3)c3ccccc23)cc1. The Labute approximate surface area is 169 Å². The molecule has 0 atom stereocenters. The second-order valence-corrected chi connectivity index (χ2v) is 6.96. The summed E-state index contributed by atoms with van der Waals surface area (Å²) in [6, 6.07) is 33.6. The van der Waals surface area contributed by atoms with E-state index < -0.39 is 0 Å². The van der Waals surface area contributed by atoms with Crippen molar-refractivity contribution in [2.75, 3.05) is 0 Å². The Morgan fingerprint density at radius 3 is 1.59 bits per heavy atom. The fourth-order valence-electron chi connectivity index (χ4n) is 3.85. The largest absolute Gasteiger partial charge is 0.207 e. The summed E-state index contributed by atoms with van der Waals surface area (Å²) in [5.41, 5.74) is 4.22. The Hall–Kier alpha value is -3.89. The van der Waals surface area contributed by atoms with Crippen molar-refractivity contribution in [1.82, 2.24) is 0 Å². The first-order valence-electron chi connectivity index (χ1n) is 9.58. The number of hydrogen-bond donors (Lipinski definition) is 0. The molecule has 0 radical (unpaired) electrons. The van der Waals surface area contributed by atoms with Gasteiger partial charge in [-0.25, -0.2) is 4.39 Å². The molecule has 29 heavy (non-hydrogen) atoms. The summed E-state index contributed by atoms with van der Waals surface area (Å²) in [5, 5.41) is 4.61. The highest BCUT2D eigenvalue weighted by molar-refractivity contribution is 6.16. The molecular weight excluding hydrogens is 355 g/mol. The van der Waals surface area contributed by atoms with Crippen LogP contribution in [0.5, 0.6) is 0 Å². The zero-order valence-corrected chi connectivity index (χ0v) is 15.7. The van der Waals surface area contributed by atoms with Crippen LogP contribution in [0.3, 0.4) is 0 Å². The average molecular weight is 372 g/mol. The highest BCUT2D eigenvalue weighted by Crippen LogP contribution is 2.38. The van der Waals surface area contributed by atoms with Crippen molar-refractivity contribution >= 4 is 21.5 Å². The molecule has 0 saturated heterocycles. The number of halogens is 1. The van der Waals surface area contributed by atoms with Crippen LogP contribution >= 0.6 is 0 Å². The Morgan fingerprint density at radius 2 is 1.00 bits per heavy atom. The number of benzene rings is 5. The summed E-state index contributed by atoms with van der Waals surface area (Å²) in [4.78, 5) is 0. The Bertz CT molecular complexity index is 1330. The molecule has 0 amide bonds. The lowest BCUT2D eigenvalue weighted by molar-refractivity contribution is 0.627. The van der Waals surface area contributed by atoms with Gasteiger partial charge in [0.25, 0.3) is 0 Å². The fourth-order valence-corrected chi connectivity index (χ4v) is 3.85. The van der Waals surface area contributed by atoms with Crippen LogP contribution in [0.15, 0.2) is 103 Å². The highest BCUT2D eigenvalue weighted by atomic mass is 19.1. The van der Waals surface area contributed by atoms with E-state index >= 15 is 0 Å². The first kappa shape index (κ1) is 17.2. The Morgan fingerprint density at radius 1 is 0.483 bits per heavy atom. The molecule has 0 aliphatic heterocycles. The van der Waals surface area contributed by atoms with Gasteiger partial charge >= 0.3 is 0 Å². The van der Waals surface area contributed by atoms with Gasteiger partial charge in [-0.1, -0.05) is 90.7 Å². The van der Waals surface area contributed by atoms with Gasteiger partial charge in [0.05, 0.1) is 0 Å². The van der Waals surface area contributed by atoms with E-state index in [1.807, 2.05) is 6.07 Å². The zero-order valence-electron chi connectivity index (χ0n) is 15.7. The van der Waals surface area contributed by atoms with Crippen LogP contribution in [0, 0.1) is 17.7 Å². The molecule has 5 rings (SSSR count). The quantitative estimate of drug-likeness (QED) is 0.216. The van der Waals surface area contributed by atoms with Crippen LogP contribution in [0.2, 0.25) is 0 Å². The normalized spacial score (nSPS) is 10.7. The van der Waals surface area contributed by atoms with E-state index in [1.54, 1.807) is 12.1 Å². The summed E-state index contributed by atoms with van der Waals surface area (Å²) in [6.07, 6.45) is 0. The lowest BCUT2D eigenvalue weighted by Crippen LogP contribution is -1.90. The molecule has 136 valence electrons. The van der Waals surface area contributed by atoms with E-state index in [-0.39, 0.29) is 5.82 Å². The Kier molecular flexibility index (Phi) is 4.31. The number of fused-ring (bicyclic) bond motifs is 2. The van der Waals surface area contributed by atoms with Gasteiger partial charge in [0.1, 0.15) is 5.82 Å². The summed E-state index contributed by atoms with van der Waals surface area (Å²) in [6.45, 7) is 0. The van der Waals surface area contributed by atoms with Gasteiger partial charge in [-0.2, -0.15) is 0 Å². The van der Waals surface area contributed by atoms with Crippen LogP contribution in [-0.4, -0.2) is 0 Å². The second-order valence-electron chi connectivity index (χ2n) is 6.96. The van der Waals surface area contributed by atoms with E-state index in [9.17, 15) is 4.39 Å². The van der Waals surface area contributed by atoms with Crippen molar-refractivity contribution < 1.29 is 4.39 Å². The summed E-state index contributed by atoms with van der Waals surface area (Å²) >= 11 is 0. The maximum Gasteiger partial charge on any atom is 0.123 e. The molecule has 0 fully saturated rings. The van der Waals surface area contributed by atoms with E-state index in [0.29, 0.717) is 0 Å². The summed E-state index contributed by atoms with van der Waals surface area (Å²) in [7, 11) is 0. The number of hydrogen-bond acceptors (Lipinski definition) is 0. The standard InChI is InChI=1S/C28H17F/c29-22-17-14-20(15-18-22)16-19-25-23-10-4-6-12-26(23)28(21-8-2-1-3-9-21)27-13-7-5-11-24(25)27/h1-15,17-18H. The molecule has 0 spiro atoms. The molecular formula is C28H17F. The molecule has 0 saturated carbocycles. The molecule has 5 aromatic carbocycles. The molecule has 0 aliphatic rings. The van der Waals surface area contributed by atoms with Crippen molar-refractivity contribution in [3.63, 3.8) is 0 Å². The first-order valence-corrected chi connectivity index (χ1v) is 9.58. The molecule has 0 bridgehead atoms. The first-order chi connectivity index (χ1) is 14.3. The van der Waals surface area contributed by atoms with Gasteiger partial charge in [-0.05, 0) is 56.9 Å². The third kappa shape index (κ3) is 3.16. The van der Waals surface area contributed by atoms with Gasteiger partial charge in [-0.3, -0.25) is 0 Å². The van der Waals surface area contributed by atoms with Crippen molar-refractivity contribution in [2.24, 2.45) is 0 Å². The van der Waals surface area contributed by atoms with Crippen molar-refractivity contribution in [3.05, 3.63) is 120 Å². The number of rotatable bonds is 1. The van der Waals surface area contributed by atoms with E-state index in [1.165, 1.54) is 34.0 Å². The predicted molar refractivity (Wildman–Crippen MR) is 119 cm³/mol. The van der Waals surface area contributed by atoms with Crippen LogP contribution < -0.4 is 0 Å². The minimum atomic E-state index is -0.251. The summed E-state index contributed by atoms with van der Waals surface area (Å²) in [5.74, 6) is 6.34. The van der Waals surface area contributed by atoms with E-state index in [4.69, 9.17) is 0 Å². The third-order valence-electron chi connectivity index (χ3n) is 5.17. The molecule has 0 nitrogen and oxygen atoms in total. The lowest BCUT2D eigenvalue weighted by Gasteiger charge is -2.14. The predicted octanol–water partition coefficient (Wildman–Crippen LogP) is 7.20. The topological polar surface area (TPSA) is 0 Å². The molecule has 1 heteroatoms. The fraction of sp³-hybridized carbons (Fsp3) is 0. The van der Waals surface area contributed by atoms with Crippen LogP contribution in [0.4, 0.5) is 4.39 Å². The smallest absolute Gasteiger partial charge is 0.123 e. The zero-order chi connectivity index (χ0) is 19.6. The maximum atomic E-state index is 13.2. The van der Waals surface area contributed by atoms with Gasteiger partial charge in [-0.15, -0.1) is 0 Å². The van der Waals surface area contributed by atoms with Crippen molar-refractivity contribution in [3.8, 4) is 23.0 Å². The van der Waals surface area contributed by atoms with Crippen molar-refractivity contribution in [2.45, 2.75) is 0 Å². The molecule has 0 heterocycles. The molecule has 5 aromatic rings. The maximum absolute atomic E-state index is 13.2. The van der Waals surface area contributed by atoms with Gasteiger partial charge in [0.15, 0.2) is 0 Å². The second kappa shape index (κ2) is 7.26. The Balaban J connectivity index is 1.85. The minimum Gasteiger partial charge on any atom is -0.207 e. The third-order valence-corrected chi connectivity index (χ3v) is 5.17. The van der Waals surface area contributed by atoms with Crippen LogP contribution in [0.1, 0.15) is 11.1 Å². The summed E-state index contributed by atoms with van der Waals surface area (Å²) < 4.78 is 13.2. The van der Waals surface area contributed by atoms with Crippen LogP contribution in [0.25, 0.3) is 32.7 Å². The minimum absolute atomic E-state index is 0.251. The van der Waals surface area contributed by atoms with Gasteiger partial charge < -0.3 is 0 Å². The molecule has 0 aliphatic carbocycles. The molecule has 0 unspecified atom stereocenters. The average Bonchev–Trinajstić information content (AvgIpc) is 2.78. The van der Waals surface area contributed by atoms with Crippen molar-refractivity contribution in [1.29, 1.82) is 0 Å². The monoisotopic (exact) mass is 372 g/mol. The molecule has 0 aromatic heterocycles.